The van der Waals surface area contributed by atoms with Gasteiger partial charge < -0.3 is 15.4 Å². The van der Waals surface area contributed by atoms with E-state index in [0.29, 0.717) is 5.92 Å². The first-order valence-corrected chi connectivity index (χ1v) is 5.45. The lowest BCUT2D eigenvalue weighted by Crippen LogP contribution is -2.42. The van der Waals surface area contributed by atoms with Gasteiger partial charge in [0.05, 0.1) is 12.6 Å². The minimum absolute atomic E-state index is 0.0531. The van der Waals surface area contributed by atoms with Crippen LogP contribution in [-0.2, 0) is 9.53 Å². The third-order valence-electron chi connectivity index (χ3n) is 2.97. The standard InChI is InChI=1S/C10H18N2O2/c13-10(9-2-1-4-11-9)12-6-8-3-5-14-7-8/h8-9,11H,1-7H2,(H,12,13)/t8?,9-/m1/s1. The number of rotatable bonds is 3. The summed E-state index contributed by atoms with van der Waals surface area (Å²) in [5.74, 6) is 0.690. The lowest BCUT2D eigenvalue weighted by molar-refractivity contribution is -0.122. The van der Waals surface area contributed by atoms with Crippen molar-refractivity contribution in [3.8, 4) is 0 Å². The molecular formula is C10H18N2O2. The molecule has 0 saturated carbocycles. The van der Waals surface area contributed by atoms with Gasteiger partial charge >= 0.3 is 0 Å². The Morgan fingerprint density at radius 2 is 2.43 bits per heavy atom. The number of amides is 1. The molecule has 2 heterocycles. The van der Waals surface area contributed by atoms with Crippen molar-refractivity contribution in [2.45, 2.75) is 25.3 Å². The summed E-state index contributed by atoms with van der Waals surface area (Å²) in [5, 5.41) is 6.17. The molecule has 4 nitrogen and oxygen atoms in total. The third-order valence-corrected chi connectivity index (χ3v) is 2.97. The van der Waals surface area contributed by atoms with Crippen LogP contribution >= 0.6 is 0 Å². The molecule has 0 spiro atoms. The molecule has 2 aliphatic heterocycles. The first kappa shape index (κ1) is 9.93. The molecule has 2 N–H and O–H groups in total. The van der Waals surface area contributed by atoms with E-state index in [2.05, 4.69) is 10.6 Å². The van der Waals surface area contributed by atoms with Gasteiger partial charge in [0.2, 0.25) is 5.91 Å². The third kappa shape index (κ3) is 2.45. The Hall–Kier alpha value is -0.610. The average Bonchev–Trinajstić information content (AvgIpc) is 2.87. The highest BCUT2D eigenvalue weighted by atomic mass is 16.5. The van der Waals surface area contributed by atoms with Gasteiger partial charge in [-0.05, 0) is 25.8 Å². The summed E-state index contributed by atoms with van der Waals surface area (Å²) >= 11 is 0. The summed E-state index contributed by atoms with van der Waals surface area (Å²) in [5.41, 5.74) is 0. The lowest BCUT2D eigenvalue weighted by Gasteiger charge is -2.13. The molecular weight excluding hydrogens is 180 g/mol. The van der Waals surface area contributed by atoms with Crippen LogP contribution in [0.1, 0.15) is 19.3 Å². The van der Waals surface area contributed by atoms with Crippen molar-refractivity contribution in [1.29, 1.82) is 0 Å². The van der Waals surface area contributed by atoms with Crippen LogP contribution in [-0.4, -0.2) is 38.3 Å². The van der Waals surface area contributed by atoms with Crippen molar-refractivity contribution in [3.05, 3.63) is 0 Å². The molecule has 0 bridgehead atoms. The molecule has 2 rings (SSSR count). The van der Waals surface area contributed by atoms with Crippen molar-refractivity contribution in [2.75, 3.05) is 26.3 Å². The summed E-state index contributed by atoms with van der Waals surface area (Å²) in [4.78, 5) is 11.6. The van der Waals surface area contributed by atoms with E-state index < -0.39 is 0 Å². The Morgan fingerprint density at radius 1 is 1.50 bits per heavy atom. The first-order valence-electron chi connectivity index (χ1n) is 5.45. The zero-order valence-corrected chi connectivity index (χ0v) is 8.42. The molecule has 0 aliphatic carbocycles. The van der Waals surface area contributed by atoms with Gasteiger partial charge in [0.15, 0.2) is 0 Å². The topological polar surface area (TPSA) is 50.4 Å². The van der Waals surface area contributed by atoms with E-state index in [1.54, 1.807) is 0 Å². The van der Waals surface area contributed by atoms with E-state index in [0.717, 1.165) is 45.6 Å². The van der Waals surface area contributed by atoms with Crippen LogP contribution < -0.4 is 10.6 Å². The van der Waals surface area contributed by atoms with Crippen LogP contribution in [0.5, 0.6) is 0 Å². The highest BCUT2D eigenvalue weighted by molar-refractivity contribution is 5.81. The summed E-state index contributed by atoms with van der Waals surface area (Å²) < 4.78 is 5.25. The molecule has 2 atom stereocenters. The number of ether oxygens (including phenoxy) is 1. The van der Waals surface area contributed by atoms with E-state index in [1.807, 2.05) is 0 Å². The fourth-order valence-corrected chi connectivity index (χ4v) is 2.02. The molecule has 0 radical (unpaired) electrons. The zero-order valence-electron chi connectivity index (χ0n) is 8.42. The minimum atomic E-state index is 0.0531. The Balaban J connectivity index is 1.66. The van der Waals surface area contributed by atoms with Gasteiger partial charge in [-0.25, -0.2) is 0 Å². The Labute approximate surface area is 84.4 Å². The fraction of sp³-hybridized carbons (Fsp3) is 0.900. The quantitative estimate of drug-likeness (QED) is 0.665. The number of hydrogen-bond acceptors (Lipinski definition) is 3. The number of nitrogens with one attached hydrogen (secondary N) is 2. The van der Waals surface area contributed by atoms with Gasteiger partial charge in [-0.1, -0.05) is 0 Å². The zero-order chi connectivity index (χ0) is 9.80. The molecule has 2 fully saturated rings. The predicted molar refractivity (Wildman–Crippen MR) is 53.0 cm³/mol. The first-order chi connectivity index (χ1) is 6.86. The summed E-state index contributed by atoms with van der Waals surface area (Å²) in [6, 6.07) is 0.0531. The molecule has 0 aromatic carbocycles. The van der Waals surface area contributed by atoms with Crippen LogP contribution in [0.3, 0.4) is 0 Å². The Kier molecular flexibility index (Phi) is 3.37. The largest absolute Gasteiger partial charge is 0.381 e. The Bertz CT molecular complexity index is 196. The number of carbonyl (C=O) groups excluding carboxylic acids is 1. The molecule has 80 valence electrons. The molecule has 0 aromatic heterocycles. The monoisotopic (exact) mass is 198 g/mol. The van der Waals surface area contributed by atoms with Gasteiger partial charge in [0, 0.05) is 19.1 Å². The van der Waals surface area contributed by atoms with E-state index in [-0.39, 0.29) is 11.9 Å². The number of carbonyl (C=O) groups is 1. The summed E-state index contributed by atoms with van der Waals surface area (Å²) in [7, 11) is 0. The van der Waals surface area contributed by atoms with Crippen LogP contribution in [0.15, 0.2) is 0 Å². The second-order valence-corrected chi connectivity index (χ2v) is 4.12. The van der Waals surface area contributed by atoms with Crippen molar-refractivity contribution in [3.63, 3.8) is 0 Å². The molecule has 0 aromatic rings. The minimum Gasteiger partial charge on any atom is -0.381 e. The highest BCUT2D eigenvalue weighted by Crippen LogP contribution is 2.11. The highest BCUT2D eigenvalue weighted by Gasteiger charge is 2.23. The van der Waals surface area contributed by atoms with E-state index >= 15 is 0 Å². The van der Waals surface area contributed by atoms with Crippen molar-refractivity contribution in [1.82, 2.24) is 10.6 Å². The van der Waals surface area contributed by atoms with E-state index in [1.165, 1.54) is 0 Å². The fourth-order valence-electron chi connectivity index (χ4n) is 2.02. The number of hydrogen-bond donors (Lipinski definition) is 2. The van der Waals surface area contributed by atoms with Crippen molar-refractivity contribution < 1.29 is 9.53 Å². The molecule has 2 saturated heterocycles. The lowest BCUT2D eigenvalue weighted by atomic mass is 10.1. The maximum atomic E-state index is 11.6. The van der Waals surface area contributed by atoms with Crippen molar-refractivity contribution >= 4 is 5.91 Å². The predicted octanol–water partition coefficient (Wildman–Crippen LogP) is -0.109. The van der Waals surface area contributed by atoms with Gasteiger partial charge in [-0.2, -0.15) is 0 Å². The van der Waals surface area contributed by atoms with Crippen LogP contribution in [0.4, 0.5) is 0 Å². The maximum absolute atomic E-state index is 11.6. The Morgan fingerprint density at radius 3 is 3.07 bits per heavy atom. The molecule has 1 amide bonds. The normalized spacial score (nSPS) is 32.0. The average molecular weight is 198 g/mol. The van der Waals surface area contributed by atoms with E-state index in [4.69, 9.17) is 4.74 Å². The second-order valence-electron chi connectivity index (χ2n) is 4.12. The molecule has 4 heteroatoms. The smallest absolute Gasteiger partial charge is 0.237 e. The van der Waals surface area contributed by atoms with Gasteiger partial charge in [-0.15, -0.1) is 0 Å². The van der Waals surface area contributed by atoms with Crippen LogP contribution in [0, 0.1) is 5.92 Å². The molecule has 14 heavy (non-hydrogen) atoms. The molecule has 1 unspecified atom stereocenters. The van der Waals surface area contributed by atoms with Gasteiger partial charge in [0.1, 0.15) is 0 Å². The van der Waals surface area contributed by atoms with Gasteiger partial charge in [0.25, 0.3) is 0 Å². The molecule has 2 aliphatic rings. The maximum Gasteiger partial charge on any atom is 0.237 e. The van der Waals surface area contributed by atoms with Crippen molar-refractivity contribution in [2.24, 2.45) is 5.92 Å². The summed E-state index contributed by atoms with van der Waals surface area (Å²) in [6.07, 6.45) is 3.18. The summed E-state index contributed by atoms with van der Waals surface area (Å²) in [6.45, 7) is 3.40. The van der Waals surface area contributed by atoms with E-state index in [9.17, 15) is 4.79 Å². The van der Waals surface area contributed by atoms with Gasteiger partial charge in [-0.3, -0.25) is 4.79 Å². The van der Waals surface area contributed by atoms with Crippen LogP contribution in [0.2, 0.25) is 0 Å². The van der Waals surface area contributed by atoms with Crippen LogP contribution in [0.25, 0.3) is 0 Å². The SMILES string of the molecule is O=C(NCC1CCOC1)[C@H]1CCCN1. The second kappa shape index (κ2) is 4.75.